The lowest BCUT2D eigenvalue weighted by Crippen LogP contribution is -2.41. The molecule has 5 heteroatoms. The van der Waals surface area contributed by atoms with Crippen LogP contribution >= 0.6 is 11.6 Å². The topological polar surface area (TPSA) is 61.4 Å². The van der Waals surface area contributed by atoms with Gasteiger partial charge in [-0.25, -0.2) is 0 Å². The van der Waals surface area contributed by atoms with Gasteiger partial charge in [0.25, 0.3) is 0 Å². The van der Waals surface area contributed by atoms with Gasteiger partial charge in [-0.2, -0.15) is 0 Å². The van der Waals surface area contributed by atoms with Crippen molar-refractivity contribution in [3.8, 4) is 0 Å². The molecule has 2 rings (SSSR count). The zero-order valence-corrected chi connectivity index (χ0v) is 11.5. The molecule has 1 fully saturated rings. The van der Waals surface area contributed by atoms with Crippen LogP contribution in [0.3, 0.4) is 0 Å². The highest BCUT2D eigenvalue weighted by molar-refractivity contribution is 6.31. The van der Waals surface area contributed by atoms with Crippen LogP contribution in [0.5, 0.6) is 0 Å². The standard InChI is InChI=1S/C14H19ClN2O2/c15-12-6-2-1-5-11(12)13(18)9-17-14(19)10-4-3-7-16-8-10/h1-2,5-6,10,13,16,18H,3-4,7-9H2,(H,17,19). The lowest BCUT2D eigenvalue weighted by molar-refractivity contribution is -0.125. The van der Waals surface area contributed by atoms with E-state index >= 15 is 0 Å². The van der Waals surface area contributed by atoms with E-state index in [2.05, 4.69) is 10.6 Å². The van der Waals surface area contributed by atoms with Gasteiger partial charge >= 0.3 is 0 Å². The summed E-state index contributed by atoms with van der Waals surface area (Å²) in [7, 11) is 0. The van der Waals surface area contributed by atoms with E-state index in [-0.39, 0.29) is 18.4 Å². The minimum absolute atomic E-state index is 0.00157. The first-order valence-electron chi connectivity index (χ1n) is 6.59. The molecule has 2 atom stereocenters. The smallest absolute Gasteiger partial charge is 0.224 e. The number of hydrogen-bond donors (Lipinski definition) is 3. The van der Waals surface area contributed by atoms with Crippen LogP contribution in [0.2, 0.25) is 5.02 Å². The van der Waals surface area contributed by atoms with E-state index in [4.69, 9.17) is 11.6 Å². The van der Waals surface area contributed by atoms with Gasteiger partial charge in [0.2, 0.25) is 5.91 Å². The number of carbonyl (C=O) groups is 1. The van der Waals surface area contributed by atoms with Crippen LogP contribution < -0.4 is 10.6 Å². The maximum absolute atomic E-state index is 11.9. The van der Waals surface area contributed by atoms with Crippen molar-refractivity contribution in [2.75, 3.05) is 19.6 Å². The molecular formula is C14H19ClN2O2. The Morgan fingerprint density at radius 1 is 1.53 bits per heavy atom. The number of piperidine rings is 1. The molecule has 3 N–H and O–H groups in total. The molecule has 1 heterocycles. The fourth-order valence-electron chi connectivity index (χ4n) is 2.27. The van der Waals surface area contributed by atoms with E-state index < -0.39 is 6.10 Å². The number of carbonyl (C=O) groups excluding carboxylic acids is 1. The largest absolute Gasteiger partial charge is 0.387 e. The van der Waals surface area contributed by atoms with Crippen LogP contribution in [0.15, 0.2) is 24.3 Å². The van der Waals surface area contributed by atoms with E-state index in [9.17, 15) is 9.90 Å². The number of aliphatic hydroxyl groups is 1. The predicted molar refractivity (Wildman–Crippen MR) is 75.0 cm³/mol. The minimum Gasteiger partial charge on any atom is -0.387 e. The Labute approximate surface area is 118 Å². The second-order valence-electron chi connectivity index (χ2n) is 4.83. The molecule has 1 amide bonds. The lowest BCUT2D eigenvalue weighted by Gasteiger charge is -2.22. The van der Waals surface area contributed by atoms with Crippen LogP contribution in [0, 0.1) is 5.92 Å². The minimum atomic E-state index is -0.769. The molecule has 0 radical (unpaired) electrons. The van der Waals surface area contributed by atoms with E-state index in [1.54, 1.807) is 12.1 Å². The van der Waals surface area contributed by atoms with Gasteiger partial charge in [-0.3, -0.25) is 4.79 Å². The maximum Gasteiger partial charge on any atom is 0.224 e. The van der Waals surface area contributed by atoms with Crippen LogP contribution in [-0.4, -0.2) is 30.6 Å². The molecule has 104 valence electrons. The first-order valence-corrected chi connectivity index (χ1v) is 6.97. The van der Waals surface area contributed by atoms with Gasteiger partial charge in [0.05, 0.1) is 12.0 Å². The highest BCUT2D eigenvalue weighted by Crippen LogP contribution is 2.22. The summed E-state index contributed by atoms with van der Waals surface area (Å²) in [6, 6.07) is 7.12. The predicted octanol–water partition coefficient (Wildman–Crippen LogP) is 1.49. The quantitative estimate of drug-likeness (QED) is 0.784. The van der Waals surface area contributed by atoms with Gasteiger partial charge < -0.3 is 15.7 Å². The first kappa shape index (κ1) is 14.3. The van der Waals surface area contributed by atoms with Gasteiger partial charge in [0, 0.05) is 23.7 Å². The van der Waals surface area contributed by atoms with Gasteiger partial charge in [0.1, 0.15) is 0 Å². The van der Waals surface area contributed by atoms with Crippen LogP contribution in [-0.2, 0) is 4.79 Å². The van der Waals surface area contributed by atoms with Crippen molar-refractivity contribution in [3.05, 3.63) is 34.9 Å². The summed E-state index contributed by atoms with van der Waals surface area (Å²) >= 11 is 6.00. The fraction of sp³-hybridized carbons (Fsp3) is 0.500. The number of hydrogen-bond acceptors (Lipinski definition) is 3. The molecule has 0 saturated carbocycles. The number of rotatable bonds is 4. The summed E-state index contributed by atoms with van der Waals surface area (Å²) in [4.78, 5) is 11.9. The summed E-state index contributed by atoms with van der Waals surface area (Å²) in [6.07, 6.45) is 1.15. The van der Waals surface area contributed by atoms with Crippen LogP contribution in [0.25, 0.3) is 0 Å². The van der Waals surface area contributed by atoms with Crippen molar-refractivity contribution in [3.63, 3.8) is 0 Å². The Morgan fingerprint density at radius 2 is 2.32 bits per heavy atom. The van der Waals surface area contributed by atoms with Gasteiger partial charge in [-0.05, 0) is 25.5 Å². The Morgan fingerprint density at radius 3 is 3.00 bits per heavy atom. The number of halogens is 1. The summed E-state index contributed by atoms with van der Waals surface area (Å²) in [5, 5.41) is 16.5. The van der Waals surface area contributed by atoms with E-state index in [1.165, 1.54) is 0 Å². The second-order valence-corrected chi connectivity index (χ2v) is 5.23. The SMILES string of the molecule is O=C(NCC(O)c1ccccc1Cl)C1CCCNC1. The molecule has 0 aromatic heterocycles. The number of benzene rings is 1. The zero-order valence-electron chi connectivity index (χ0n) is 10.7. The van der Waals surface area contributed by atoms with Crippen molar-refractivity contribution in [2.24, 2.45) is 5.92 Å². The van der Waals surface area contributed by atoms with E-state index in [1.807, 2.05) is 12.1 Å². The van der Waals surface area contributed by atoms with Gasteiger partial charge in [-0.1, -0.05) is 29.8 Å². The Hall–Kier alpha value is -1.10. The second kappa shape index (κ2) is 6.89. The third-order valence-corrected chi connectivity index (χ3v) is 3.75. The number of aliphatic hydroxyl groups excluding tert-OH is 1. The Kier molecular flexibility index (Phi) is 5.19. The van der Waals surface area contributed by atoms with Crippen molar-refractivity contribution in [1.82, 2.24) is 10.6 Å². The molecule has 4 nitrogen and oxygen atoms in total. The fourth-order valence-corrected chi connectivity index (χ4v) is 2.53. The normalized spacial score (nSPS) is 20.8. The van der Waals surface area contributed by atoms with Crippen molar-refractivity contribution in [1.29, 1.82) is 0 Å². The molecule has 1 aliphatic rings. The van der Waals surface area contributed by atoms with Crippen molar-refractivity contribution in [2.45, 2.75) is 18.9 Å². The van der Waals surface area contributed by atoms with Gasteiger partial charge in [-0.15, -0.1) is 0 Å². The molecule has 1 aromatic rings. The Balaban J connectivity index is 1.84. The average molecular weight is 283 g/mol. The molecule has 0 aliphatic carbocycles. The third kappa shape index (κ3) is 3.93. The van der Waals surface area contributed by atoms with Gasteiger partial charge in [0.15, 0.2) is 0 Å². The Bertz CT molecular complexity index is 433. The molecular weight excluding hydrogens is 264 g/mol. The average Bonchev–Trinajstić information content (AvgIpc) is 2.46. The third-order valence-electron chi connectivity index (χ3n) is 3.40. The highest BCUT2D eigenvalue weighted by Gasteiger charge is 2.21. The molecule has 2 unspecified atom stereocenters. The van der Waals surface area contributed by atoms with Crippen LogP contribution in [0.4, 0.5) is 0 Å². The maximum atomic E-state index is 11.9. The summed E-state index contributed by atoms with van der Waals surface area (Å²) < 4.78 is 0. The summed E-state index contributed by atoms with van der Waals surface area (Å²) in [5.74, 6) is 0.00509. The highest BCUT2D eigenvalue weighted by atomic mass is 35.5. The van der Waals surface area contributed by atoms with E-state index in [0.717, 1.165) is 19.4 Å². The van der Waals surface area contributed by atoms with E-state index in [0.29, 0.717) is 17.1 Å². The number of nitrogens with one attached hydrogen (secondary N) is 2. The molecule has 1 saturated heterocycles. The molecule has 0 bridgehead atoms. The number of amides is 1. The summed E-state index contributed by atoms with van der Waals surface area (Å²) in [5.41, 5.74) is 0.645. The molecule has 1 aromatic carbocycles. The monoisotopic (exact) mass is 282 g/mol. The molecule has 0 spiro atoms. The van der Waals surface area contributed by atoms with Crippen molar-refractivity contribution < 1.29 is 9.90 Å². The molecule has 1 aliphatic heterocycles. The molecule has 19 heavy (non-hydrogen) atoms. The zero-order chi connectivity index (χ0) is 13.7. The van der Waals surface area contributed by atoms with Crippen LogP contribution in [0.1, 0.15) is 24.5 Å². The first-order chi connectivity index (χ1) is 9.18. The summed E-state index contributed by atoms with van der Waals surface area (Å²) in [6.45, 7) is 1.89. The lowest BCUT2D eigenvalue weighted by atomic mass is 9.98. The van der Waals surface area contributed by atoms with Crippen molar-refractivity contribution >= 4 is 17.5 Å².